The third-order valence-corrected chi connectivity index (χ3v) is 3.29. The van der Waals surface area contributed by atoms with Crippen LogP contribution >= 0.6 is 0 Å². The van der Waals surface area contributed by atoms with E-state index in [1.807, 2.05) is 10.9 Å². The van der Waals surface area contributed by atoms with Gasteiger partial charge in [0, 0.05) is 18.3 Å². The average Bonchev–Trinajstić information content (AvgIpc) is 2.76. The molecule has 1 heterocycles. The fourth-order valence-electron chi connectivity index (χ4n) is 2.13. The minimum absolute atomic E-state index is 0.352. The van der Waals surface area contributed by atoms with Crippen LogP contribution in [-0.2, 0) is 18.5 Å². The van der Waals surface area contributed by atoms with Crippen LogP contribution < -0.4 is 5.73 Å². The van der Waals surface area contributed by atoms with Crippen LogP contribution in [0.4, 0.5) is 0 Å². The lowest BCUT2D eigenvalue weighted by Crippen LogP contribution is -2.35. The molecule has 18 heavy (non-hydrogen) atoms. The molecule has 0 fully saturated rings. The summed E-state index contributed by atoms with van der Waals surface area (Å²) in [6, 6.07) is 8.44. The SMILES string of the molecule is CCn1cc(CC(C)(N)c2ccc(C)cc2)cn1. The lowest BCUT2D eigenvalue weighted by Gasteiger charge is -2.24. The number of aromatic nitrogens is 2. The molecular weight excluding hydrogens is 222 g/mol. The number of nitrogens with two attached hydrogens (primary N) is 1. The van der Waals surface area contributed by atoms with Gasteiger partial charge in [-0.25, -0.2) is 0 Å². The Labute approximate surface area is 109 Å². The van der Waals surface area contributed by atoms with Crippen molar-refractivity contribution in [3.8, 4) is 0 Å². The molecule has 0 aliphatic carbocycles. The monoisotopic (exact) mass is 243 g/mol. The molecular formula is C15H21N3. The highest BCUT2D eigenvalue weighted by Crippen LogP contribution is 2.22. The molecule has 3 nitrogen and oxygen atoms in total. The summed E-state index contributed by atoms with van der Waals surface area (Å²) in [5, 5.41) is 4.29. The van der Waals surface area contributed by atoms with Gasteiger partial charge in [-0.1, -0.05) is 29.8 Å². The van der Waals surface area contributed by atoms with Crippen molar-refractivity contribution >= 4 is 0 Å². The van der Waals surface area contributed by atoms with E-state index >= 15 is 0 Å². The van der Waals surface area contributed by atoms with Gasteiger partial charge in [-0.15, -0.1) is 0 Å². The lowest BCUT2D eigenvalue weighted by atomic mass is 9.87. The molecule has 3 heteroatoms. The molecule has 0 bridgehead atoms. The highest BCUT2D eigenvalue weighted by molar-refractivity contribution is 5.29. The summed E-state index contributed by atoms with van der Waals surface area (Å²) in [5.74, 6) is 0. The first-order chi connectivity index (χ1) is 8.51. The van der Waals surface area contributed by atoms with E-state index < -0.39 is 0 Å². The van der Waals surface area contributed by atoms with Crippen molar-refractivity contribution in [3.63, 3.8) is 0 Å². The van der Waals surface area contributed by atoms with E-state index in [-0.39, 0.29) is 5.54 Å². The zero-order chi connectivity index (χ0) is 13.2. The summed E-state index contributed by atoms with van der Waals surface area (Å²) in [7, 11) is 0. The Morgan fingerprint density at radius 1 is 1.28 bits per heavy atom. The quantitative estimate of drug-likeness (QED) is 0.897. The van der Waals surface area contributed by atoms with Gasteiger partial charge in [0.05, 0.1) is 6.20 Å². The zero-order valence-electron chi connectivity index (χ0n) is 11.4. The first kappa shape index (κ1) is 12.8. The number of hydrogen-bond donors (Lipinski definition) is 1. The van der Waals surface area contributed by atoms with Crippen molar-refractivity contribution in [3.05, 3.63) is 53.3 Å². The Morgan fingerprint density at radius 2 is 1.94 bits per heavy atom. The molecule has 0 saturated carbocycles. The van der Waals surface area contributed by atoms with Crippen LogP contribution in [0.2, 0.25) is 0 Å². The van der Waals surface area contributed by atoms with Gasteiger partial charge in [-0.2, -0.15) is 5.10 Å². The van der Waals surface area contributed by atoms with Gasteiger partial charge >= 0.3 is 0 Å². The fourth-order valence-corrected chi connectivity index (χ4v) is 2.13. The van der Waals surface area contributed by atoms with Gasteiger partial charge in [0.2, 0.25) is 0 Å². The number of benzene rings is 1. The van der Waals surface area contributed by atoms with Gasteiger partial charge < -0.3 is 5.73 Å². The maximum absolute atomic E-state index is 6.43. The minimum Gasteiger partial charge on any atom is -0.321 e. The summed E-state index contributed by atoms with van der Waals surface area (Å²) in [4.78, 5) is 0. The Balaban J connectivity index is 2.18. The number of hydrogen-bond acceptors (Lipinski definition) is 2. The molecule has 0 saturated heterocycles. The second kappa shape index (κ2) is 4.94. The van der Waals surface area contributed by atoms with Crippen LogP contribution in [0, 0.1) is 6.92 Å². The van der Waals surface area contributed by atoms with Crippen LogP contribution in [0.3, 0.4) is 0 Å². The van der Waals surface area contributed by atoms with E-state index in [9.17, 15) is 0 Å². The highest BCUT2D eigenvalue weighted by Gasteiger charge is 2.22. The van der Waals surface area contributed by atoms with E-state index in [4.69, 9.17) is 5.73 Å². The first-order valence-corrected chi connectivity index (χ1v) is 6.38. The Kier molecular flexibility index (Phi) is 3.53. The Hall–Kier alpha value is -1.61. The molecule has 1 unspecified atom stereocenters. The van der Waals surface area contributed by atoms with Gasteiger partial charge in [-0.3, -0.25) is 4.68 Å². The molecule has 0 aliphatic rings. The Morgan fingerprint density at radius 3 is 2.50 bits per heavy atom. The largest absolute Gasteiger partial charge is 0.321 e. The summed E-state index contributed by atoms with van der Waals surface area (Å²) in [6.45, 7) is 7.13. The molecule has 0 amide bonds. The van der Waals surface area contributed by atoms with Crippen molar-refractivity contribution in [2.24, 2.45) is 5.73 Å². The van der Waals surface area contributed by atoms with Crippen LogP contribution in [-0.4, -0.2) is 9.78 Å². The van der Waals surface area contributed by atoms with E-state index in [0.717, 1.165) is 18.5 Å². The average molecular weight is 243 g/mol. The standard InChI is InChI=1S/C15H21N3/c1-4-18-11-13(10-17-18)9-15(3,16)14-7-5-12(2)6-8-14/h5-8,10-11H,4,9,16H2,1-3H3. The Bertz CT molecular complexity index is 509. The smallest absolute Gasteiger partial charge is 0.0522 e. The third-order valence-electron chi connectivity index (χ3n) is 3.29. The lowest BCUT2D eigenvalue weighted by molar-refractivity contribution is 0.491. The molecule has 0 spiro atoms. The molecule has 2 aromatic rings. The molecule has 96 valence electrons. The number of aryl methyl sites for hydroxylation is 2. The van der Waals surface area contributed by atoms with Crippen molar-refractivity contribution in [2.45, 2.75) is 39.3 Å². The van der Waals surface area contributed by atoms with E-state index in [2.05, 4.69) is 56.3 Å². The third kappa shape index (κ3) is 2.79. The maximum atomic E-state index is 6.43. The summed E-state index contributed by atoms with van der Waals surface area (Å²) < 4.78 is 1.93. The maximum Gasteiger partial charge on any atom is 0.0522 e. The predicted molar refractivity (Wildman–Crippen MR) is 74.3 cm³/mol. The van der Waals surface area contributed by atoms with E-state index in [1.165, 1.54) is 11.1 Å². The fraction of sp³-hybridized carbons (Fsp3) is 0.400. The highest BCUT2D eigenvalue weighted by atomic mass is 15.3. The molecule has 0 radical (unpaired) electrons. The van der Waals surface area contributed by atoms with Crippen molar-refractivity contribution in [1.29, 1.82) is 0 Å². The van der Waals surface area contributed by atoms with Crippen LogP contribution in [0.5, 0.6) is 0 Å². The molecule has 1 aromatic heterocycles. The van der Waals surface area contributed by atoms with Crippen LogP contribution in [0.25, 0.3) is 0 Å². The zero-order valence-corrected chi connectivity index (χ0v) is 11.4. The second-order valence-electron chi connectivity index (χ2n) is 5.16. The molecule has 2 rings (SSSR count). The normalized spacial score (nSPS) is 14.4. The van der Waals surface area contributed by atoms with Gasteiger partial charge in [0.25, 0.3) is 0 Å². The van der Waals surface area contributed by atoms with E-state index in [0.29, 0.717) is 0 Å². The van der Waals surface area contributed by atoms with Crippen molar-refractivity contribution in [1.82, 2.24) is 9.78 Å². The number of rotatable bonds is 4. The molecule has 1 atom stereocenters. The summed E-state index contributed by atoms with van der Waals surface area (Å²) >= 11 is 0. The molecule has 1 aromatic carbocycles. The van der Waals surface area contributed by atoms with Crippen molar-refractivity contribution < 1.29 is 0 Å². The van der Waals surface area contributed by atoms with Crippen molar-refractivity contribution in [2.75, 3.05) is 0 Å². The summed E-state index contributed by atoms with van der Waals surface area (Å²) in [6.07, 6.45) is 4.78. The minimum atomic E-state index is -0.352. The topological polar surface area (TPSA) is 43.8 Å². The first-order valence-electron chi connectivity index (χ1n) is 6.38. The molecule has 2 N–H and O–H groups in total. The predicted octanol–water partition coefficient (Wildman–Crippen LogP) is 2.63. The summed E-state index contributed by atoms with van der Waals surface area (Å²) in [5.41, 5.74) is 9.69. The van der Waals surface area contributed by atoms with Gasteiger partial charge in [0.15, 0.2) is 0 Å². The van der Waals surface area contributed by atoms with Gasteiger partial charge in [0.1, 0.15) is 0 Å². The van der Waals surface area contributed by atoms with Gasteiger partial charge in [-0.05, 0) is 38.3 Å². The second-order valence-corrected chi connectivity index (χ2v) is 5.16. The van der Waals surface area contributed by atoms with Crippen LogP contribution in [0.1, 0.15) is 30.5 Å². The van der Waals surface area contributed by atoms with E-state index in [1.54, 1.807) is 0 Å². The molecule has 0 aliphatic heterocycles. The number of nitrogens with zero attached hydrogens (tertiary/aromatic N) is 2. The van der Waals surface area contributed by atoms with Crippen LogP contribution in [0.15, 0.2) is 36.7 Å².